The normalized spacial score (nSPS) is 11.0. The highest BCUT2D eigenvalue weighted by atomic mass is 35.5. The Morgan fingerprint density at radius 2 is 2.19 bits per heavy atom. The summed E-state index contributed by atoms with van der Waals surface area (Å²) in [6, 6.07) is 6.62. The van der Waals surface area contributed by atoms with Crippen molar-refractivity contribution in [2.24, 2.45) is 0 Å². The average molecular weight is 393 g/mol. The fourth-order valence-electron chi connectivity index (χ4n) is 2.44. The van der Waals surface area contributed by atoms with Crippen LogP contribution in [0.25, 0.3) is 10.9 Å². The first-order valence-corrected chi connectivity index (χ1v) is 9.40. The van der Waals surface area contributed by atoms with Gasteiger partial charge >= 0.3 is 0 Å². The Balaban J connectivity index is 1.84. The second kappa shape index (κ2) is 7.92. The van der Waals surface area contributed by atoms with Crippen molar-refractivity contribution < 1.29 is 9.32 Å². The minimum atomic E-state index is -0.258. The minimum absolute atomic E-state index is 0.0914. The number of fused-ring (bicyclic) bond motifs is 1. The lowest BCUT2D eigenvalue weighted by molar-refractivity contribution is -0.113. The molecule has 3 aromatic rings. The van der Waals surface area contributed by atoms with Gasteiger partial charge in [0.2, 0.25) is 5.91 Å². The van der Waals surface area contributed by atoms with Crippen molar-refractivity contribution in [3.63, 3.8) is 0 Å². The molecule has 0 aliphatic heterocycles. The van der Waals surface area contributed by atoms with E-state index in [9.17, 15) is 9.59 Å². The highest BCUT2D eigenvalue weighted by Gasteiger charge is 2.14. The van der Waals surface area contributed by atoms with E-state index >= 15 is 0 Å². The molecule has 0 saturated heterocycles. The average Bonchev–Trinajstić information content (AvgIpc) is 3.00. The Morgan fingerprint density at radius 3 is 2.88 bits per heavy atom. The van der Waals surface area contributed by atoms with E-state index in [1.807, 2.05) is 6.92 Å². The molecule has 3 rings (SSSR count). The number of aryl methyl sites for hydroxylation is 1. The van der Waals surface area contributed by atoms with Gasteiger partial charge in [0.05, 0.1) is 16.7 Å². The van der Waals surface area contributed by atoms with Crippen LogP contribution in [0.2, 0.25) is 5.02 Å². The summed E-state index contributed by atoms with van der Waals surface area (Å²) in [5.74, 6) is 0.801. The van der Waals surface area contributed by atoms with Gasteiger partial charge in [-0.05, 0) is 31.5 Å². The lowest BCUT2D eigenvalue weighted by atomic mass is 10.2. The fraction of sp³-hybridized carbons (Fsp3) is 0.294. The first-order chi connectivity index (χ1) is 12.5. The van der Waals surface area contributed by atoms with Crippen LogP contribution in [0.3, 0.4) is 0 Å². The molecule has 0 fully saturated rings. The predicted molar refractivity (Wildman–Crippen MR) is 102 cm³/mol. The topological polar surface area (TPSA) is 90.0 Å². The van der Waals surface area contributed by atoms with Crippen LogP contribution in [0.4, 0.5) is 5.82 Å². The molecule has 0 aliphatic carbocycles. The van der Waals surface area contributed by atoms with Crippen LogP contribution in [0.1, 0.15) is 19.1 Å². The Hall–Kier alpha value is -2.32. The monoisotopic (exact) mass is 392 g/mol. The van der Waals surface area contributed by atoms with Gasteiger partial charge in [0.1, 0.15) is 5.76 Å². The number of hydrogen-bond acceptors (Lipinski definition) is 6. The quantitative estimate of drug-likeness (QED) is 0.510. The van der Waals surface area contributed by atoms with Gasteiger partial charge in [-0.2, -0.15) is 0 Å². The molecule has 0 spiro atoms. The van der Waals surface area contributed by atoms with E-state index in [2.05, 4.69) is 15.5 Å². The second-order valence-electron chi connectivity index (χ2n) is 5.67. The summed E-state index contributed by atoms with van der Waals surface area (Å²) in [6.07, 6.45) is 0.776. The second-order valence-corrected chi connectivity index (χ2v) is 7.05. The summed E-state index contributed by atoms with van der Waals surface area (Å²) in [4.78, 5) is 29.4. The first kappa shape index (κ1) is 18.5. The summed E-state index contributed by atoms with van der Waals surface area (Å²) >= 11 is 7.20. The van der Waals surface area contributed by atoms with Gasteiger partial charge in [-0.1, -0.05) is 35.4 Å². The predicted octanol–water partition coefficient (Wildman–Crippen LogP) is 3.49. The van der Waals surface area contributed by atoms with Crippen molar-refractivity contribution in [3.05, 3.63) is 45.4 Å². The molecule has 0 saturated carbocycles. The highest BCUT2D eigenvalue weighted by Crippen LogP contribution is 2.21. The Bertz CT molecular complexity index is 1010. The van der Waals surface area contributed by atoms with Crippen molar-refractivity contribution in [2.75, 3.05) is 11.1 Å². The fourth-order valence-corrected chi connectivity index (χ4v) is 3.43. The van der Waals surface area contributed by atoms with Crippen LogP contribution in [-0.2, 0) is 11.3 Å². The van der Waals surface area contributed by atoms with Crippen LogP contribution in [0.5, 0.6) is 0 Å². The number of anilines is 1. The molecule has 1 amide bonds. The van der Waals surface area contributed by atoms with E-state index in [1.165, 1.54) is 11.8 Å². The summed E-state index contributed by atoms with van der Waals surface area (Å²) in [5, 5.41) is 7.87. The van der Waals surface area contributed by atoms with E-state index in [0.717, 1.165) is 6.42 Å². The molecule has 1 aromatic carbocycles. The molecule has 0 atom stereocenters. The number of halogens is 1. The summed E-state index contributed by atoms with van der Waals surface area (Å²) in [5.41, 5.74) is 0.383. The molecule has 26 heavy (non-hydrogen) atoms. The Labute approximate surface area is 158 Å². The van der Waals surface area contributed by atoms with Gasteiger partial charge in [0.25, 0.3) is 5.56 Å². The van der Waals surface area contributed by atoms with Crippen molar-refractivity contribution >= 4 is 46.0 Å². The van der Waals surface area contributed by atoms with E-state index in [0.29, 0.717) is 39.2 Å². The number of amides is 1. The third-order valence-electron chi connectivity index (χ3n) is 3.56. The van der Waals surface area contributed by atoms with Gasteiger partial charge < -0.3 is 9.84 Å². The highest BCUT2D eigenvalue weighted by molar-refractivity contribution is 7.99. The molecule has 0 unspecified atom stereocenters. The largest absolute Gasteiger partial charge is 0.360 e. The van der Waals surface area contributed by atoms with Crippen molar-refractivity contribution in [3.8, 4) is 0 Å². The van der Waals surface area contributed by atoms with Gasteiger partial charge in [-0.3, -0.25) is 14.2 Å². The summed E-state index contributed by atoms with van der Waals surface area (Å²) in [7, 11) is 0. The zero-order chi connectivity index (χ0) is 18.7. The van der Waals surface area contributed by atoms with Gasteiger partial charge in [0, 0.05) is 17.6 Å². The maximum Gasteiger partial charge on any atom is 0.262 e. The Kier molecular flexibility index (Phi) is 5.63. The lowest BCUT2D eigenvalue weighted by Crippen LogP contribution is -2.24. The van der Waals surface area contributed by atoms with Crippen LogP contribution < -0.4 is 10.9 Å². The molecule has 136 valence electrons. The molecule has 7 nitrogen and oxygen atoms in total. The van der Waals surface area contributed by atoms with Crippen molar-refractivity contribution in [1.29, 1.82) is 0 Å². The van der Waals surface area contributed by atoms with Gasteiger partial charge in [-0.25, -0.2) is 4.98 Å². The summed E-state index contributed by atoms with van der Waals surface area (Å²) in [6.45, 7) is 4.24. The molecule has 0 radical (unpaired) electrons. The van der Waals surface area contributed by atoms with E-state index < -0.39 is 0 Å². The molecule has 2 heterocycles. The SMILES string of the molecule is CCCn1c(SCC(=O)Nc2cc(C)on2)nc2cc(Cl)ccc2c1=O. The maximum atomic E-state index is 12.7. The molecule has 1 N–H and O–H groups in total. The smallest absolute Gasteiger partial charge is 0.262 e. The van der Waals surface area contributed by atoms with Crippen LogP contribution in [0, 0.1) is 6.92 Å². The van der Waals surface area contributed by atoms with E-state index in [1.54, 1.807) is 35.8 Å². The molecular weight excluding hydrogens is 376 g/mol. The Morgan fingerprint density at radius 1 is 1.38 bits per heavy atom. The number of thioether (sulfide) groups is 1. The van der Waals surface area contributed by atoms with Gasteiger partial charge in [0.15, 0.2) is 11.0 Å². The first-order valence-electron chi connectivity index (χ1n) is 8.04. The molecular formula is C17H17ClN4O3S. The molecule has 0 bridgehead atoms. The maximum absolute atomic E-state index is 12.7. The van der Waals surface area contributed by atoms with Crippen LogP contribution >= 0.6 is 23.4 Å². The zero-order valence-corrected chi connectivity index (χ0v) is 15.9. The standard InChI is InChI=1S/C17H17ClN4O3S/c1-3-6-22-16(24)12-5-4-11(18)8-13(12)19-17(22)26-9-15(23)20-14-7-10(2)25-21-14/h4-5,7-8H,3,6,9H2,1-2H3,(H,20,21,23). The summed E-state index contributed by atoms with van der Waals surface area (Å²) < 4.78 is 6.50. The number of carbonyl (C=O) groups excluding carboxylic acids is 1. The molecule has 9 heteroatoms. The van der Waals surface area contributed by atoms with Gasteiger partial charge in [-0.15, -0.1) is 0 Å². The third-order valence-corrected chi connectivity index (χ3v) is 4.77. The van der Waals surface area contributed by atoms with Crippen LogP contribution in [-0.4, -0.2) is 26.4 Å². The number of benzene rings is 1. The molecule has 2 aromatic heterocycles. The molecule has 0 aliphatic rings. The van der Waals surface area contributed by atoms with E-state index in [-0.39, 0.29) is 17.2 Å². The number of aromatic nitrogens is 3. The number of rotatable bonds is 6. The number of carbonyl (C=O) groups is 1. The van der Waals surface area contributed by atoms with Crippen LogP contribution in [0.15, 0.2) is 38.7 Å². The zero-order valence-electron chi connectivity index (χ0n) is 14.3. The van der Waals surface area contributed by atoms with Crippen molar-refractivity contribution in [2.45, 2.75) is 32.0 Å². The third kappa shape index (κ3) is 4.08. The van der Waals surface area contributed by atoms with E-state index in [4.69, 9.17) is 16.1 Å². The van der Waals surface area contributed by atoms with Crippen molar-refractivity contribution in [1.82, 2.24) is 14.7 Å². The number of hydrogen-bond donors (Lipinski definition) is 1. The minimum Gasteiger partial charge on any atom is -0.360 e. The number of nitrogens with zero attached hydrogens (tertiary/aromatic N) is 3. The lowest BCUT2D eigenvalue weighted by Gasteiger charge is -2.12. The number of nitrogens with one attached hydrogen (secondary N) is 1.